The molecule has 0 aliphatic heterocycles. The second-order valence-corrected chi connectivity index (χ2v) is 7.74. The first-order valence-corrected chi connectivity index (χ1v) is 10.3. The normalized spacial score (nSPS) is 15.8. The molecule has 1 saturated carbocycles. The molecule has 0 bridgehead atoms. The summed E-state index contributed by atoms with van der Waals surface area (Å²) in [5, 5.41) is 16.0. The predicted molar refractivity (Wildman–Crippen MR) is 115 cm³/mol. The number of rotatable bonds is 5. The lowest BCUT2D eigenvalue weighted by atomic mass is 9.87. The molecule has 3 aromatic rings. The van der Waals surface area contributed by atoms with Gasteiger partial charge in [-0.25, -0.2) is 0 Å². The summed E-state index contributed by atoms with van der Waals surface area (Å²) in [5.41, 5.74) is 1.52. The number of hydrogen-bond donors (Lipinski definition) is 2. The van der Waals surface area contributed by atoms with Crippen molar-refractivity contribution in [1.29, 1.82) is 0 Å². The molecule has 3 aromatic carbocycles. The number of methoxy groups -OCH3 is 1. The number of aromatic hydroxyl groups is 1. The highest BCUT2D eigenvalue weighted by Crippen LogP contribution is 2.38. The molecule has 0 aromatic heterocycles. The van der Waals surface area contributed by atoms with Gasteiger partial charge in [0.05, 0.1) is 13.2 Å². The molecular formula is C25H27NO3. The summed E-state index contributed by atoms with van der Waals surface area (Å²) < 4.78 is 5.57. The van der Waals surface area contributed by atoms with E-state index in [1.54, 1.807) is 7.11 Å². The van der Waals surface area contributed by atoms with E-state index in [-0.39, 0.29) is 17.6 Å². The first-order chi connectivity index (χ1) is 14.2. The minimum atomic E-state index is -0.481. The fraction of sp³-hybridized carbons (Fsp3) is 0.320. The van der Waals surface area contributed by atoms with Gasteiger partial charge >= 0.3 is 0 Å². The maximum absolute atomic E-state index is 13.1. The minimum Gasteiger partial charge on any atom is -0.507 e. The number of ether oxygens (including phenoxy) is 1. The first-order valence-electron chi connectivity index (χ1n) is 10.3. The maximum atomic E-state index is 13.1. The van der Waals surface area contributed by atoms with Crippen LogP contribution in [0, 0.1) is 5.92 Å². The summed E-state index contributed by atoms with van der Waals surface area (Å²) >= 11 is 0. The highest BCUT2D eigenvalue weighted by molar-refractivity contribution is 5.90. The van der Waals surface area contributed by atoms with Crippen molar-refractivity contribution in [3.8, 4) is 11.5 Å². The number of carbonyl (C=O) groups is 1. The molecule has 150 valence electrons. The van der Waals surface area contributed by atoms with E-state index in [1.807, 2.05) is 60.7 Å². The Morgan fingerprint density at radius 3 is 2.48 bits per heavy atom. The van der Waals surface area contributed by atoms with Crippen LogP contribution in [0.4, 0.5) is 0 Å². The smallest absolute Gasteiger partial charge is 0.223 e. The first kappa shape index (κ1) is 19.3. The van der Waals surface area contributed by atoms with Gasteiger partial charge in [-0.1, -0.05) is 73.9 Å². The molecule has 4 nitrogen and oxygen atoms in total. The van der Waals surface area contributed by atoms with Crippen molar-refractivity contribution in [2.75, 3.05) is 7.11 Å². The van der Waals surface area contributed by atoms with Crippen molar-refractivity contribution in [3.63, 3.8) is 0 Å². The Kier molecular flexibility index (Phi) is 5.70. The van der Waals surface area contributed by atoms with Crippen molar-refractivity contribution in [1.82, 2.24) is 5.32 Å². The number of carbonyl (C=O) groups excluding carboxylic acids is 1. The van der Waals surface area contributed by atoms with E-state index in [0.717, 1.165) is 42.0 Å². The summed E-state index contributed by atoms with van der Waals surface area (Å²) in [7, 11) is 1.62. The van der Waals surface area contributed by atoms with Crippen LogP contribution in [-0.4, -0.2) is 18.1 Å². The molecular weight excluding hydrogens is 362 g/mol. The predicted octanol–water partition coefficient (Wildman–Crippen LogP) is 5.34. The van der Waals surface area contributed by atoms with Gasteiger partial charge in [-0.05, 0) is 24.3 Å². The minimum absolute atomic E-state index is 0.0311. The Balaban J connectivity index is 1.78. The number of phenolic OH excluding ortho intramolecular Hbond substituents is 1. The van der Waals surface area contributed by atoms with Gasteiger partial charge in [-0.2, -0.15) is 0 Å². The largest absolute Gasteiger partial charge is 0.507 e. The molecule has 0 heterocycles. The fourth-order valence-corrected chi connectivity index (χ4v) is 4.36. The standard InChI is InChI=1S/C25H27NO3/c1-29-22-14-8-7-13-20(22)23(26-25(28)18-10-3-2-4-11-18)21-16-15-17-9-5-6-12-19(17)24(21)27/h5-9,12-16,18,23,27H,2-4,10-11H2,1H3,(H,26,28). The molecule has 4 rings (SSSR count). The molecule has 1 unspecified atom stereocenters. The summed E-state index contributed by atoms with van der Waals surface area (Å²) in [6.07, 6.45) is 5.24. The van der Waals surface area contributed by atoms with Gasteiger partial charge in [0, 0.05) is 22.4 Å². The van der Waals surface area contributed by atoms with Crippen LogP contribution in [0.15, 0.2) is 60.7 Å². The van der Waals surface area contributed by atoms with Crippen molar-refractivity contribution in [2.24, 2.45) is 5.92 Å². The highest BCUT2D eigenvalue weighted by atomic mass is 16.5. The Labute approximate surface area is 171 Å². The van der Waals surface area contributed by atoms with Crippen LogP contribution < -0.4 is 10.1 Å². The van der Waals surface area contributed by atoms with Gasteiger partial charge in [0.1, 0.15) is 11.5 Å². The van der Waals surface area contributed by atoms with Crippen molar-refractivity contribution in [3.05, 3.63) is 71.8 Å². The van der Waals surface area contributed by atoms with Crippen LogP contribution in [0.25, 0.3) is 10.8 Å². The van der Waals surface area contributed by atoms with Gasteiger partial charge in [0.15, 0.2) is 0 Å². The van der Waals surface area contributed by atoms with E-state index in [9.17, 15) is 9.90 Å². The maximum Gasteiger partial charge on any atom is 0.223 e. The molecule has 1 fully saturated rings. The van der Waals surface area contributed by atoms with Gasteiger partial charge in [-0.15, -0.1) is 0 Å². The van der Waals surface area contributed by atoms with Crippen molar-refractivity contribution >= 4 is 16.7 Å². The van der Waals surface area contributed by atoms with Gasteiger partial charge in [-0.3, -0.25) is 4.79 Å². The Morgan fingerprint density at radius 2 is 1.69 bits per heavy atom. The topological polar surface area (TPSA) is 58.6 Å². The van der Waals surface area contributed by atoms with Gasteiger partial charge < -0.3 is 15.2 Å². The van der Waals surface area contributed by atoms with E-state index in [2.05, 4.69) is 5.32 Å². The summed E-state index contributed by atoms with van der Waals surface area (Å²) in [4.78, 5) is 13.1. The molecule has 29 heavy (non-hydrogen) atoms. The SMILES string of the molecule is COc1ccccc1C(NC(=O)C1CCCCC1)c1ccc2ccccc2c1O. The molecule has 4 heteroatoms. The Bertz CT molecular complexity index is 1010. The van der Waals surface area contributed by atoms with Gasteiger partial charge in [0.25, 0.3) is 0 Å². The molecule has 0 spiro atoms. The van der Waals surface area contributed by atoms with E-state index < -0.39 is 6.04 Å². The number of hydrogen-bond acceptors (Lipinski definition) is 3. The fourth-order valence-electron chi connectivity index (χ4n) is 4.36. The van der Waals surface area contributed by atoms with Crippen LogP contribution in [-0.2, 0) is 4.79 Å². The quantitative estimate of drug-likeness (QED) is 0.619. The third-order valence-corrected chi connectivity index (χ3v) is 5.96. The third-order valence-electron chi connectivity index (χ3n) is 5.96. The monoisotopic (exact) mass is 389 g/mol. The summed E-state index contributed by atoms with van der Waals surface area (Å²) in [6.45, 7) is 0. The molecule has 1 amide bonds. The zero-order valence-electron chi connectivity index (χ0n) is 16.7. The van der Waals surface area contributed by atoms with E-state index in [1.165, 1.54) is 6.42 Å². The lowest BCUT2D eigenvalue weighted by molar-refractivity contribution is -0.126. The number of para-hydroxylation sites is 1. The lowest BCUT2D eigenvalue weighted by Gasteiger charge is -2.27. The lowest BCUT2D eigenvalue weighted by Crippen LogP contribution is -2.35. The number of nitrogens with one attached hydrogen (secondary N) is 1. The number of benzene rings is 3. The van der Waals surface area contributed by atoms with Crippen LogP contribution in [0.3, 0.4) is 0 Å². The molecule has 0 saturated heterocycles. The van der Waals surface area contributed by atoms with Crippen molar-refractivity contribution < 1.29 is 14.6 Å². The Morgan fingerprint density at radius 1 is 0.966 bits per heavy atom. The van der Waals surface area contributed by atoms with Crippen LogP contribution in [0.2, 0.25) is 0 Å². The summed E-state index contributed by atoms with van der Waals surface area (Å²) in [6, 6.07) is 18.8. The van der Waals surface area contributed by atoms with Crippen LogP contribution in [0.5, 0.6) is 11.5 Å². The molecule has 0 radical (unpaired) electrons. The van der Waals surface area contributed by atoms with E-state index in [0.29, 0.717) is 11.3 Å². The number of amides is 1. The van der Waals surface area contributed by atoms with Crippen LogP contribution >= 0.6 is 0 Å². The second kappa shape index (κ2) is 8.56. The van der Waals surface area contributed by atoms with Crippen molar-refractivity contribution in [2.45, 2.75) is 38.1 Å². The molecule has 2 N–H and O–H groups in total. The molecule has 1 aliphatic carbocycles. The van der Waals surface area contributed by atoms with E-state index in [4.69, 9.17) is 4.74 Å². The average molecular weight is 389 g/mol. The average Bonchev–Trinajstić information content (AvgIpc) is 2.79. The zero-order chi connectivity index (χ0) is 20.2. The molecule has 1 atom stereocenters. The van der Waals surface area contributed by atoms with Crippen LogP contribution in [0.1, 0.15) is 49.3 Å². The number of phenols is 1. The van der Waals surface area contributed by atoms with E-state index >= 15 is 0 Å². The molecule has 1 aliphatic rings. The highest BCUT2D eigenvalue weighted by Gasteiger charge is 2.28. The zero-order valence-corrected chi connectivity index (χ0v) is 16.7. The second-order valence-electron chi connectivity index (χ2n) is 7.74. The third kappa shape index (κ3) is 3.93. The Hall–Kier alpha value is -3.01. The summed E-state index contributed by atoms with van der Waals surface area (Å²) in [5.74, 6) is 0.966. The number of fused-ring (bicyclic) bond motifs is 1. The van der Waals surface area contributed by atoms with Gasteiger partial charge in [0.2, 0.25) is 5.91 Å².